The highest BCUT2D eigenvalue weighted by Gasteiger charge is 2.29. The summed E-state index contributed by atoms with van der Waals surface area (Å²) in [6, 6.07) is 0.893. The zero-order valence-electron chi connectivity index (χ0n) is 10.3. The van der Waals surface area contributed by atoms with Gasteiger partial charge in [-0.15, -0.1) is 6.58 Å². The molecule has 1 heterocycles. The van der Waals surface area contributed by atoms with Crippen molar-refractivity contribution in [3.8, 4) is 0 Å². The van der Waals surface area contributed by atoms with Gasteiger partial charge in [-0.05, 0) is 25.3 Å². The predicted octanol–water partition coefficient (Wildman–Crippen LogP) is 2.24. The van der Waals surface area contributed by atoms with Gasteiger partial charge in [0.1, 0.15) is 11.7 Å². The third-order valence-corrected chi connectivity index (χ3v) is 3.20. The van der Waals surface area contributed by atoms with E-state index >= 15 is 0 Å². The molecule has 1 aromatic heterocycles. The first-order valence-corrected chi connectivity index (χ1v) is 6.42. The number of carbonyl (C=O) groups is 2. The third-order valence-electron chi connectivity index (χ3n) is 2.99. The van der Waals surface area contributed by atoms with Crippen molar-refractivity contribution in [2.45, 2.75) is 31.3 Å². The molecule has 1 aliphatic carbocycles. The lowest BCUT2D eigenvalue weighted by molar-refractivity contribution is -0.139. The number of halogens is 1. The summed E-state index contributed by atoms with van der Waals surface area (Å²) in [5, 5.41) is 12.0. The van der Waals surface area contributed by atoms with Crippen LogP contribution in [0.5, 0.6) is 0 Å². The molecular weight excluding hydrogens is 268 g/mol. The number of amides is 1. The fourth-order valence-corrected chi connectivity index (χ4v) is 2.11. The molecule has 19 heavy (non-hydrogen) atoms. The first kappa shape index (κ1) is 13.7. The monoisotopic (exact) mass is 282 g/mol. The standard InChI is InChI=1S/C13H15ClN2O3/c1-2-3-10(13(18)19)15-12(17)11-6-8(14)7-16(11)9-4-5-9/h2,6-7,9-10H,1,3-5H2,(H,15,17)(H,18,19). The van der Waals surface area contributed by atoms with E-state index in [-0.39, 0.29) is 6.42 Å². The molecule has 0 radical (unpaired) electrons. The molecule has 2 rings (SSSR count). The Morgan fingerprint density at radius 1 is 1.63 bits per heavy atom. The second-order valence-electron chi connectivity index (χ2n) is 4.57. The van der Waals surface area contributed by atoms with E-state index in [0.29, 0.717) is 16.8 Å². The van der Waals surface area contributed by atoms with E-state index in [2.05, 4.69) is 11.9 Å². The zero-order chi connectivity index (χ0) is 14.0. The van der Waals surface area contributed by atoms with Crippen LogP contribution in [0.1, 0.15) is 35.8 Å². The number of hydrogen-bond donors (Lipinski definition) is 2. The van der Waals surface area contributed by atoms with Gasteiger partial charge in [-0.25, -0.2) is 4.79 Å². The maximum Gasteiger partial charge on any atom is 0.326 e. The van der Waals surface area contributed by atoms with Crippen LogP contribution < -0.4 is 5.32 Å². The summed E-state index contributed by atoms with van der Waals surface area (Å²) >= 11 is 5.91. The van der Waals surface area contributed by atoms with Gasteiger partial charge < -0.3 is 15.0 Å². The number of rotatable bonds is 6. The van der Waals surface area contributed by atoms with Gasteiger partial charge in [0, 0.05) is 12.2 Å². The van der Waals surface area contributed by atoms with Crippen molar-refractivity contribution >= 4 is 23.5 Å². The van der Waals surface area contributed by atoms with Crippen molar-refractivity contribution in [1.29, 1.82) is 0 Å². The van der Waals surface area contributed by atoms with E-state index in [1.165, 1.54) is 6.08 Å². The zero-order valence-corrected chi connectivity index (χ0v) is 11.1. The Kier molecular flexibility index (Phi) is 3.95. The van der Waals surface area contributed by atoms with Crippen molar-refractivity contribution in [3.05, 3.63) is 35.6 Å². The normalized spacial score (nSPS) is 15.8. The number of aromatic nitrogens is 1. The largest absolute Gasteiger partial charge is 0.480 e. The molecule has 1 amide bonds. The second kappa shape index (κ2) is 5.48. The van der Waals surface area contributed by atoms with Gasteiger partial charge >= 0.3 is 5.97 Å². The molecule has 1 saturated carbocycles. The minimum absolute atomic E-state index is 0.180. The van der Waals surface area contributed by atoms with Crippen LogP contribution in [0.2, 0.25) is 5.02 Å². The van der Waals surface area contributed by atoms with Gasteiger partial charge in [-0.1, -0.05) is 17.7 Å². The number of carboxylic acid groups (broad SMARTS) is 1. The Bertz CT molecular complexity index is 520. The molecule has 0 aliphatic heterocycles. The topological polar surface area (TPSA) is 71.3 Å². The number of hydrogen-bond acceptors (Lipinski definition) is 2. The van der Waals surface area contributed by atoms with Crippen molar-refractivity contribution in [1.82, 2.24) is 9.88 Å². The molecule has 5 nitrogen and oxygen atoms in total. The fourth-order valence-electron chi connectivity index (χ4n) is 1.90. The van der Waals surface area contributed by atoms with Gasteiger partial charge in [0.2, 0.25) is 0 Å². The Morgan fingerprint density at radius 3 is 2.84 bits per heavy atom. The number of carboxylic acids is 1. The highest BCUT2D eigenvalue weighted by molar-refractivity contribution is 6.31. The lowest BCUT2D eigenvalue weighted by Gasteiger charge is -2.13. The molecule has 1 atom stereocenters. The van der Waals surface area contributed by atoms with E-state index < -0.39 is 17.9 Å². The summed E-state index contributed by atoms with van der Waals surface area (Å²) in [6.45, 7) is 3.48. The van der Waals surface area contributed by atoms with E-state index in [0.717, 1.165) is 12.8 Å². The lowest BCUT2D eigenvalue weighted by atomic mass is 10.2. The van der Waals surface area contributed by atoms with E-state index in [4.69, 9.17) is 16.7 Å². The van der Waals surface area contributed by atoms with E-state index in [1.54, 1.807) is 12.3 Å². The number of carbonyl (C=O) groups excluding carboxylic acids is 1. The van der Waals surface area contributed by atoms with Gasteiger partial charge in [0.25, 0.3) is 5.91 Å². The second-order valence-corrected chi connectivity index (χ2v) is 5.01. The van der Waals surface area contributed by atoms with Gasteiger partial charge in [-0.2, -0.15) is 0 Å². The summed E-state index contributed by atoms with van der Waals surface area (Å²) in [5.74, 6) is -1.50. The van der Waals surface area contributed by atoms with Crippen LogP contribution in [0.15, 0.2) is 24.9 Å². The summed E-state index contributed by atoms with van der Waals surface area (Å²) in [6.07, 6.45) is 5.38. The highest BCUT2D eigenvalue weighted by atomic mass is 35.5. The average Bonchev–Trinajstić information content (AvgIpc) is 3.11. The smallest absolute Gasteiger partial charge is 0.326 e. The minimum atomic E-state index is -1.08. The predicted molar refractivity (Wildman–Crippen MR) is 71.4 cm³/mol. The molecule has 102 valence electrons. The molecule has 0 bridgehead atoms. The minimum Gasteiger partial charge on any atom is -0.480 e. The van der Waals surface area contributed by atoms with Crippen LogP contribution in [0.3, 0.4) is 0 Å². The molecule has 0 spiro atoms. The Morgan fingerprint density at radius 2 is 2.32 bits per heavy atom. The molecule has 6 heteroatoms. The summed E-state index contributed by atoms with van der Waals surface area (Å²) in [4.78, 5) is 23.1. The number of nitrogens with zero attached hydrogens (tertiary/aromatic N) is 1. The van der Waals surface area contributed by atoms with Crippen LogP contribution in [0.4, 0.5) is 0 Å². The molecular formula is C13H15ClN2O3. The van der Waals surface area contributed by atoms with Crippen molar-refractivity contribution in [2.75, 3.05) is 0 Å². The van der Waals surface area contributed by atoms with Crippen molar-refractivity contribution < 1.29 is 14.7 Å². The molecule has 1 aromatic rings. The van der Waals surface area contributed by atoms with E-state index in [9.17, 15) is 9.59 Å². The Balaban J connectivity index is 2.14. The maximum absolute atomic E-state index is 12.1. The highest BCUT2D eigenvalue weighted by Crippen LogP contribution is 2.37. The summed E-state index contributed by atoms with van der Waals surface area (Å²) in [7, 11) is 0. The van der Waals surface area contributed by atoms with Gasteiger partial charge in [0.15, 0.2) is 0 Å². The van der Waals surface area contributed by atoms with E-state index in [1.807, 2.05) is 4.57 Å². The summed E-state index contributed by atoms with van der Waals surface area (Å²) in [5.41, 5.74) is 0.405. The summed E-state index contributed by atoms with van der Waals surface area (Å²) < 4.78 is 1.81. The SMILES string of the molecule is C=CCC(NC(=O)c1cc(Cl)cn1C1CC1)C(=O)O. The first-order chi connectivity index (χ1) is 9.02. The maximum atomic E-state index is 12.1. The first-order valence-electron chi connectivity index (χ1n) is 6.05. The third kappa shape index (κ3) is 3.17. The van der Waals surface area contributed by atoms with Crippen LogP contribution in [-0.4, -0.2) is 27.6 Å². The van der Waals surface area contributed by atoms with Crippen molar-refractivity contribution in [2.24, 2.45) is 0 Å². The molecule has 1 unspecified atom stereocenters. The molecule has 0 saturated heterocycles. The lowest BCUT2D eigenvalue weighted by Crippen LogP contribution is -2.41. The van der Waals surface area contributed by atoms with Crippen molar-refractivity contribution in [3.63, 3.8) is 0 Å². The molecule has 1 aliphatic rings. The van der Waals surface area contributed by atoms with Crippen LogP contribution in [0, 0.1) is 0 Å². The van der Waals surface area contributed by atoms with Gasteiger partial charge in [0.05, 0.1) is 5.02 Å². The quantitative estimate of drug-likeness (QED) is 0.786. The Labute approximate surface area is 115 Å². The molecule has 1 fully saturated rings. The fraction of sp³-hybridized carbons (Fsp3) is 0.385. The number of nitrogens with one attached hydrogen (secondary N) is 1. The van der Waals surface area contributed by atoms with Gasteiger partial charge in [-0.3, -0.25) is 4.79 Å². The van der Waals surface area contributed by atoms with Crippen LogP contribution in [-0.2, 0) is 4.79 Å². The Hall–Kier alpha value is -1.75. The van der Waals surface area contributed by atoms with Crippen LogP contribution >= 0.6 is 11.6 Å². The molecule has 0 aromatic carbocycles. The number of aliphatic carboxylic acids is 1. The average molecular weight is 283 g/mol. The molecule has 2 N–H and O–H groups in total. The van der Waals surface area contributed by atoms with Crippen LogP contribution in [0.25, 0.3) is 0 Å².